The maximum absolute atomic E-state index is 10.9. The number of nitrogens with zero attached hydrogens (tertiary/aromatic N) is 1. The quantitative estimate of drug-likeness (QED) is 0.485. The SMILES string of the molecule is O=Cc1ccc(Br)cc1Oc1cccc([N+](=O)[O-])c1. The van der Waals surface area contributed by atoms with Gasteiger partial charge in [0.1, 0.15) is 11.5 Å². The molecule has 0 bridgehead atoms. The molecule has 0 saturated carbocycles. The zero-order valence-corrected chi connectivity index (χ0v) is 11.2. The summed E-state index contributed by atoms with van der Waals surface area (Å²) in [5.74, 6) is 0.639. The van der Waals surface area contributed by atoms with Gasteiger partial charge in [-0.25, -0.2) is 0 Å². The average Bonchev–Trinajstić information content (AvgIpc) is 2.39. The molecule has 2 rings (SSSR count). The molecule has 19 heavy (non-hydrogen) atoms. The van der Waals surface area contributed by atoms with Crippen LogP contribution in [0.5, 0.6) is 11.5 Å². The van der Waals surface area contributed by atoms with E-state index in [0.717, 1.165) is 4.47 Å². The summed E-state index contributed by atoms with van der Waals surface area (Å²) >= 11 is 3.27. The second-order valence-corrected chi connectivity index (χ2v) is 4.57. The summed E-state index contributed by atoms with van der Waals surface area (Å²) in [7, 11) is 0. The number of nitro groups is 1. The van der Waals surface area contributed by atoms with E-state index < -0.39 is 4.92 Å². The van der Waals surface area contributed by atoms with Crippen molar-refractivity contribution in [2.24, 2.45) is 0 Å². The van der Waals surface area contributed by atoms with Crippen LogP contribution in [0, 0.1) is 10.1 Å². The number of non-ortho nitro benzene ring substituents is 1. The zero-order chi connectivity index (χ0) is 13.8. The predicted molar refractivity (Wildman–Crippen MR) is 72.7 cm³/mol. The highest BCUT2D eigenvalue weighted by Gasteiger charge is 2.09. The fourth-order valence-electron chi connectivity index (χ4n) is 1.48. The first kappa shape index (κ1) is 13.2. The Hall–Kier alpha value is -2.21. The molecular weight excluding hydrogens is 314 g/mol. The van der Waals surface area contributed by atoms with Crippen LogP contribution in [0.25, 0.3) is 0 Å². The van der Waals surface area contributed by atoms with Crippen molar-refractivity contribution >= 4 is 27.9 Å². The van der Waals surface area contributed by atoms with Gasteiger partial charge in [0.25, 0.3) is 5.69 Å². The van der Waals surface area contributed by atoms with Crippen LogP contribution >= 0.6 is 15.9 Å². The van der Waals surface area contributed by atoms with Gasteiger partial charge in [0.15, 0.2) is 6.29 Å². The van der Waals surface area contributed by atoms with Crippen LogP contribution in [0.1, 0.15) is 10.4 Å². The van der Waals surface area contributed by atoms with Crippen molar-refractivity contribution in [1.82, 2.24) is 0 Å². The van der Waals surface area contributed by atoms with E-state index in [-0.39, 0.29) is 5.69 Å². The predicted octanol–water partition coefficient (Wildman–Crippen LogP) is 3.96. The summed E-state index contributed by atoms with van der Waals surface area (Å²) in [5.41, 5.74) is 0.301. The van der Waals surface area contributed by atoms with Gasteiger partial charge in [-0.15, -0.1) is 0 Å². The van der Waals surface area contributed by atoms with E-state index in [1.54, 1.807) is 24.3 Å². The van der Waals surface area contributed by atoms with Gasteiger partial charge >= 0.3 is 0 Å². The first-order valence-corrected chi connectivity index (χ1v) is 6.06. The number of benzene rings is 2. The molecule has 0 fully saturated rings. The van der Waals surface area contributed by atoms with Gasteiger partial charge in [-0.05, 0) is 24.3 Å². The minimum Gasteiger partial charge on any atom is -0.456 e. The second kappa shape index (κ2) is 5.62. The minimum atomic E-state index is -0.506. The summed E-state index contributed by atoms with van der Waals surface area (Å²) in [5, 5.41) is 10.7. The fraction of sp³-hybridized carbons (Fsp3) is 0. The largest absolute Gasteiger partial charge is 0.456 e. The molecule has 0 heterocycles. The lowest BCUT2D eigenvalue weighted by Gasteiger charge is -2.08. The van der Waals surface area contributed by atoms with E-state index in [2.05, 4.69) is 15.9 Å². The van der Waals surface area contributed by atoms with Gasteiger partial charge in [0.2, 0.25) is 0 Å². The molecule has 0 spiro atoms. The molecule has 0 saturated heterocycles. The van der Waals surface area contributed by atoms with E-state index in [1.165, 1.54) is 18.2 Å². The third-order valence-corrected chi connectivity index (χ3v) is 2.85. The fourth-order valence-corrected chi connectivity index (χ4v) is 1.82. The molecule has 0 atom stereocenters. The van der Waals surface area contributed by atoms with Crippen molar-refractivity contribution in [3.05, 3.63) is 62.6 Å². The number of carbonyl (C=O) groups is 1. The van der Waals surface area contributed by atoms with Gasteiger partial charge in [-0.2, -0.15) is 0 Å². The maximum atomic E-state index is 10.9. The maximum Gasteiger partial charge on any atom is 0.273 e. The van der Waals surface area contributed by atoms with E-state index in [9.17, 15) is 14.9 Å². The molecule has 0 unspecified atom stereocenters. The normalized spacial score (nSPS) is 9.95. The molecule has 0 aromatic heterocycles. The lowest BCUT2D eigenvalue weighted by molar-refractivity contribution is -0.384. The molecule has 0 aliphatic carbocycles. The number of carbonyl (C=O) groups excluding carboxylic acids is 1. The number of hydrogen-bond donors (Lipinski definition) is 0. The van der Waals surface area contributed by atoms with Crippen LogP contribution in [0.4, 0.5) is 5.69 Å². The summed E-state index contributed by atoms with van der Waals surface area (Å²) < 4.78 is 6.25. The monoisotopic (exact) mass is 321 g/mol. The van der Waals surface area contributed by atoms with Crippen LogP contribution in [0.15, 0.2) is 46.9 Å². The lowest BCUT2D eigenvalue weighted by Crippen LogP contribution is -1.92. The van der Waals surface area contributed by atoms with Crippen LogP contribution in [0.3, 0.4) is 0 Å². The third kappa shape index (κ3) is 3.17. The Labute approximate surface area is 117 Å². The van der Waals surface area contributed by atoms with Gasteiger partial charge in [0.05, 0.1) is 16.6 Å². The lowest BCUT2D eigenvalue weighted by atomic mass is 10.2. The standard InChI is InChI=1S/C13H8BrNO4/c14-10-5-4-9(8-16)13(6-10)19-12-3-1-2-11(7-12)15(17)18/h1-8H. The van der Waals surface area contributed by atoms with E-state index in [1.807, 2.05) is 0 Å². The zero-order valence-electron chi connectivity index (χ0n) is 9.58. The van der Waals surface area contributed by atoms with Crippen LogP contribution < -0.4 is 4.74 Å². The molecule has 96 valence electrons. The Balaban J connectivity index is 2.35. The van der Waals surface area contributed by atoms with E-state index in [4.69, 9.17) is 4.74 Å². The second-order valence-electron chi connectivity index (χ2n) is 3.66. The van der Waals surface area contributed by atoms with Crippen LogP contribution in [-0.4, -0.2) is 11.2 Å². The first-order valence-electron chi connectivity index (χ1n) is 5.27. The molecule has 6 heteroatoms. The molecule has 0 radical (unpaired) electrons. The van der Waals surface area contributed by atoms with Gasteiger partial charge in [-0.1, -0.05) is 22.0 Å². The molecular formula is C13H8BrNO4. The highest BCUT2D eigenvalue weighted by atomic mass is 79.9. The highest BCUT2D eigenvalue weighted by molar-refractivity contribution is 9.10. The van der Waals surface area contributed by atoms with Crippen molar-refractivity contribution in [2.45, 2.75) is 0 Å². The molecule has 2 aromatic carbocycles. The number of aldehydes is 1. The molecule has 0 aliphatic rings. The van der Waals surface area contributed by atoms with Crippen LogP contribution in [-0.2, 0) is 0 Å². The first-order chi connectivity index (χ1) is 9.10. The van der Waals surface area contributed by atoms with Crippen molar-refractivity contribution in [3.8, 4) is 11.5 Å². The number of hydrogen-bond acceptors (Lipinski definition) is 4. The third-order valence-electron chi connectivity index (χ3n) is 2.36. The summed E-state index contributed by atoms with van der Waals surface area (Å²) in [6.45, 7) is 0. The number of halogens is 1. The van der Waals surface area contributed by atoms with E-state index >= 15 is 0 Å². The number of nitro benzene ring substituents is 1. The van der Waals surface area contributed by atoms with Gasteiger partial charge < -0.3 is 4.74 Å². The minimum absolute atomic E-state index is 0.0693. The molecule has 0 aliphatic heterocycles. The topological polar surface area (TPSA) is 69.4 Å². The van der Waals surface area contributed by atoms with Crippen LogP contribution in [0.2, 0.25) is 0 Å². The smallest absolute Gasteiger partial charge is 0.273 e. The van der Waals surface area contributed by atoms with Crippen molar-refractivity contribution in [2.75, 3.05) is 0 Å². The Morgan fingerprint density at radius 2 is 2.00 bits per heavy atom. The van der Waals surface area contributed by atoms with Gasteiger partial charge in [0, 0.05) is 10.5 Å². The Kier molecular flexibility index (Phi) is 3.91. The van der Waals surface area contributed by atoms with Crippen molar-refractivity contribution in [3.63, 3.8) is 0 Å². The average molecular weight is 322 g/mol. The number of ether oxygens (including phenoxy) is 1. The van der Waals surface area contributed by atoms with E-state index in [0.29, 0.717) is 23.3 Å². The molecule has 5 nitrogen and oxygen atoms in total. The van der Waals surface area contributed by atoms with Crippen molar-refractivity contribution in [1.29, 1.82) is 0 Å². The summed E-state index contributed by atoms with van der Waals surface area (Å²) in [6.07, 6.45) is 0.666. The Bertz CT molecular complexity index is 642. The van der Waals surface area contributed by atoms with Crippen molar-refractivity contribution < 1.29 is 14.5 Å². The Morgan fingerprint density at radius 3 is 2.68 bits per heavy atom. The summed E-state index contributed by atoms with van der Waals surface area (Å²) in [6, 6.07) is 10.7. The highest BCUT2D eigenvalue weighted by Crippen LogP contribution is 2.29. The van der Waals surface area contributed by atoms with Gasteiger partial charge in [-0.3, -0.25) is 14.9 Å². The molecule has 0 N–H and O–H groups in total. The number of rotatable bonds is 4. The molecule has 0 amide bonds. The molecule has 2 aromatic rings. The Morgan fingerprint density at radius 1 is 1.21 bits per heavy atom. The summed E-state index contributed by atoms with van der Waals surface area (Å²) in [4.78, 5) is 21.1.